The molecule has 9 heteroatoms. The Hall–Kier alpha value is -0.450. The van der Waals surface area contributed by atoms with Gasteiger partial charge in [0.25, 0.3) is 0 Å². The molecule has 1 aliphatic rings. The van der Waals surface area contributed by atoms with Gasteiger partial charge in [-0.1, -0.05) is 28.5 Å². The van der Waals surface area contributed by atoms with Crippen LogP contribution in [0.3, 0.4) is 0 Å². The first-order valence-electron chi connectivity index (χ1n) is 12.6. The highest BCUT2D eigenvalue weighted by molar-refractivity contribution is 8.76. The van der Waals surface area contributed by atoms with Crippen LogP contribution in [0.15, 0.2) is 0 Å². The van der Waals surface area contributed by atoms with E-state index in [1.54, 1.807) is 28.7 Å². The van der Waals surface area contributed by atoms with Crippen molar-refractivity contribution in [2.45, 2.75) is 77.2 Å². The van der Waals surface area contributed by atoms with Crippen molar-refractivity contribution in [3.63, 3.8) is 0 Å². The topological polar surface area (TPSA) is 99.1 Å². The van der Waals surface area contributed by atoms with Gasteiger partial charge in [0, 0.05) is 63.2 Å². The van der Waals surface area contributed by atoms with Crippen LogP contribution in [-0.2, 0) is 28.6 Å². The zero-order chi connectivity index (χ0) is 25.0. The number of ether oxygens (including phenoxy) is 3. The van der Waals surface area contributed by atoms with Gasteiger partial charge in [0.05, 0.1) is 32.5 Å². The molecule has 0 aromatic carbocycles. The molecular weight excluding hydrogens is 476 g/mol. The molecule has 0 spiro atoms. The largest absolute Gasteiger partial charge is 0.396 e. The number of unbranched alkanes of at least 4 members (excludes halogenated alkanes) is 1. The van der Waals surface area contributed by atoms with Crippen molar-refractivity contribution in [1.82, 2.24) is 0 Å². The minimum absolute atomic E-state index is 0.0170. The zero-order valence-electron chi connectivity index (χ0n) is 21.0. The van der Waals surface area contributed by atoms with E-state index in [0.717, 1.165) is 37.2 Å². The van der Waals surface area contributed by atoms with E-state index in [9.17, 15) is 19.5 Å². The van der Waals surface area contributed by atoms with Gasteiger partial charge >= 0.3 is 0 Å². The van der Waals surface area contributed by atoms with Gasteiger partial charge in [-0.15, -0.1) is 0 Å². The molecule has 0 aromatic heterocycles. The molecule has 0 heterocycles. The van der Waals surface area contributed by atoms with Crippen LogP contribution in [0, 0.1) is 11.8 Å². The van der Waals surface area contributed by atoms with E-state index in [0.29, 0.717) is 65.0 Å². The molecule has 0 amide bonds. The first kappa shape index (κ1) is 31.6. The molecule has 1 fully saturated rings. The minimum atomic E-state index is -0.0959. The first-order chi connectivity index (χ1) is 16.5. The van der Waals surface area contributed by atoms with Crippen LogP contribution in [0.1, 0.15) is 71.1 Å². The summed E-state index contributed by atoms with van der Waals surface area (Å²) < 4.78 is 16.2. The highest BCUT2D eigenvalue weighted by Gasteiger charge is 2.37. The molecule has 34 heavy (non-hydrogen) atoms. The molecule has 1 N–H and O–H groups in total. The fourth-order valence-corrected chi connectivity index (χ4v) is 5.97. The van der Waals surface area contributed by atoms with E-state index in [2.05, 4.69) is 0 Å². The lowest BCUT2D eigenvalue weighted by Crippen LogP contribution is -2.21. The summed E-state index contributed by atoms with van der Waals surface area (Å²) in [5, 5.41) is 9.50. The summed E-state index contributed by atoms with van der Waals surface area (Å²) in [6.07, 6.45) is 6.58. The third-order valence-corrected chi connectivity index (χ3v) is 8.59. The predicted octanol–water partition coefficient (Wildman–Crippen LogP) is 4.28. The van der Waals surface area contributed by atoms with E-state index >= 15 is 0 Å². The van der Waals surface area contributed by atoms with Gasteiger partial charge in [-0.25, -0.2) is 0 Å². The van der Waals surface area contributed by atoms with Crippen molar-refractivity contribution < 1.29 is 33.7 Å². The maximum atomic E-state index is 12.5. The Kier molecular flexibility index (Phi) is 19.2. The number of ketones is 3. The molecule has 3 atom stereocenters. The fourth-order valence-electron chi connectivity index (χ4n) is 4.02. The first-order valence-corrected chi connectivity index (χ1v) is 15.1. The molecule has 198 valence electrons. The molecule has 0 aliphatic heterocycles. The van der Waals surface area contributed by atoms with E-state index in [1.165, 1.54) is 0 Å². The number of carbonyl (C=O) groups excluding carboxylic acids is 3. The van der Waals surface area contributed by atoms with Gasteiger partial charge in [0.1, 0.15) is 17.3 Å². The summed E-state index contributed by atoms with van der Waals surface area (Å²) in [6.45, 7) is 4.09. The smallest absolute Gasteiger partial charge is 0.136 e. The Morgan fingerprint density at radius 2 is 1.50 bits per heavy atom. The number of Topliss-reactive ketones (excluding diaryl/α,β-unsaturated/α-hetero) is 3. The summed E-state index contributed by atoms with van der Waals surface area (Å²) in [7, 11) is 5.17. The SMILES string of the molecule is CCC(=O)CCOCCOCCSSCCCC(=O)CCCCC(=O)C1C[C@@H](OC)C[C@@H]1CO. The Labute approximate surface area is 213 Å². The number of hydrogen-bond donors (Lipinski definition) is 1. The van der Waals surface area contributed by atoms with Gasteiger partial charge in [-0.2, -0.15) is 0 Å². The van der Waals surface area contributed by atoms with Crippen LogP contribution in [0.4, 0.5) is 0 Å². The van der Waals surface area contributed by atoms with Crippen molar-refractivity contribution >= 4 is 38.9 Å². The molecule has 0 aromatic rings. The lowest BCUT2D eigenvalue weighted by atomic mass is 9.90. The molecule has 7 nitrogen and oxygen atoms in total. The molecule has 1 saturated carbocycles. The van der Waals surface area contributed by atoms with Gasteiger partial charge in [0.2, 0.25) is 0 Å². The Bertz CT molecular complexity index is 573. The van der Waals surface area contributed by atoms with Gasteiger partial charge < -0.3 is 19.3 Å². The van der Waals surface area contributed by atoms with Gasteiger partial charge in [-0.05, 0) is 38.0 Å². The van der Waals surface area contributed by atoms with Crippen molar-refractivity contribution in [2.75, 3.05) is 51.6 Å². The molecular formula is C25H44O7S2. The average molecular weight is 521 g/mol. The zero-order valence-corrected chi connectivity index (χ0v) is 22.6. The second kappa shape index (κ2) is 20.7. The normalized spacial score (nSPS) is 20.0. The highest BCUT2D eigenvalue weighted by Crippen LogP contribution is 2.35. The summed E-state index contributed by atoms with van der Waals surface area (Å²) in [5.41, 5.74) is 0. The molecule has 0 radical (unpaired) electrons. The second-order valence-electron chi connectivity index (χ2n) is 8.70. The van der Waals surface area contributed by atoms with Crippen LogP contribution >= 0.6 is 21.6 Å². The average Bonchev–Trinajstić information content (AvgIpc) is 3.28. The van der Waals surface area contributed by atoms with E-state index in [4.69, 9.17) is 14.2 Å². The fraction of sp³-hybridized carbons (Fsp3) is 0.880. The van der Waals surface area contributed by atoms with Crippen molar-refractivity contribution in [3.8, 4) is 0 Å². The molecule has 1 rings (SSSR count). The molecule has 1 unspecified atom stereocenters. The highest BCUT2D eigenvalue weighted by atomic mass is 33.1. The van der Waals surface area contributed by atoms with E-state index in [1.807, 2.05) is 6.92 Å². The maximum absolute atomic E-state index is 12.5. The van der Waals surface area contributed by atoms with Crippen LogP contribution in [-0.4, -0.2) is 80.2 Å². The minimum Gasteiger partial charge on any atom is -0.396 e. The van der Waals surface area contributed by atoms with Crippen LogP contribution in [0.25, 0.3) is 0 Å². The summed E-state index contributed by atoms with van der Waals surface area (Å²) in [5.74, 6) is 2.46. The molecule has 0 bridgehead atoms. The van der Waals surface area contributed by atoms with Crippen molar-refractivity contribution in [2.24, 2.45) is 11.8 Å². The monoisotopic (exact) mass is 520 g/mol. The number of aliphatic hydroxyl groups excluding tert-OH is 1. The lowest BCUT2D eigenvalue weighted by molar-refractivity contribution is -0.125. The summed E-state index contributed by atoms with van der Waals surface area (Å²) >= 11 is 0. The quantitative estimate of drug-likeness (QED) is 0.156. The number of hydrogen-bond acceptors (Lipinski definition) is 9. The Balaban J connectivity index is 1.88. The summed E-state index contributed by atoms with van der Waals surface area (Å²) in [6, 6.07) is 0. The summed E-state index contributed by atoms with van der Waals surface area (Å²) in [4.78, 5) is 35.7. The Morgan fingerprint density at radius 1 is 0.824 bits per heavy atom. The Morgan fingerprint density at radius 3 is 2.21 bits per heavy atom. The maximum Gasteiger partial charge on any atom is 0.136 e. The number of rotatable bonds is 23. The number of aliphatic hydroxyl groups is 1. The van der Waals surface area contributed by atoms with Crippen molar-refractivity contribution in [3.05, 3.63) is 0 Å². The molecule has 0 saturated heterocycles. The number of carbonyl (C=O) groups is 3. The van der Waals surface area contributed by atoms with E-state index < -0.39 is 0 Å². The van der Waals surface area contributed by atoms with Gasteiger partial charge in [-0.3, -0.25) is 14.4 Å². The third-order valence-electron chi connectivity index (χ3n) is 6.13. The number of methoxy groups -OCH3 is 1. The van der Waals surface area contributed by atoms with E-state index in [-0.39, 0.29) is 41.9 Å². The van der Waals surface area contributed by atoms with Crippen LogP contribution in [0.2, 0.25) is 0 Å². The van der Waals surface area contributed by atoms with Crippen molar-refractivity contribution in [1.29, 1.82) is 0 Å². The van der Waals surface area contributed by atoms with Crippen LogP contribution < -0.4 is 0 Å². The van der Waals surface area contributed by atoms with Gasteiger partial charge in [0.15, 0.2) is 0 Å². The standard InChI is InChI=1S/C25H44O7S2/c1-3-21(27)10-11-31-12-13-32-14-16-34-33-15-6-8-22(28)7-4-5-9-25(29)24-18-23(30-2)17-20(24)19-26/h20,23-24,26H,3-19H2,1-2H3/t20-,23+,24?/m1/s1. The predicted molar refractivity (Wildman–Crippen MR) is 138 cm³/mol. The lowest BCUT2D eigenvalue weighted by Gasteiger charge is -2.15. The second-order valence-corrected chi connectivity index (χ2v) is 11.4. The van der Waals surface area contributed by atoms with Crippen LogP contribution in [0.5, 0.6) is 0 Å². The molecule has 1 aliphatic carbocycles. The third kappa shape index (κ3) is 14.8.